The number of imidazole rings is 1. The Morgan fingerprint density at radius 2 is 2.25 bits per heavy atom. The van der Waals surface area contributed by atoms with Crippen LogP contribution in [0.15, 0.2) is 18.2 Å². The number of halogens is 1. The quantitative estimate of drug-likeness (QED) is 0.946. The van der Waals surface area contributed by atoms with E-state index in [1.807, 2.05) is 18.2 Å². The first-order valence-corrected chi connectivity index (χ1v) is 7.58. The molecule has 0 amide bonds. The molecule has 0 saturated carbocycles. The van der Waals surface area contributed by atoms with E-state index in [9.17, 15) is 0 Å². The molecular formula is C15H21ClN4. The molecule has 2 N–H and O–H groups in total. The summed E-state index contributed by atoms with van der Waals surface area (Å²) in [4.78, 5) is 6.93. The molecule has 4 nitrogen and oxygen atoms in total. The Kier molecular flexibility index (Phi) is 3.61. The van der Waals surface area contributed by atoms with Crippen LogP contribution in [0.25, 0.3) is 11.0 Å². The Hall–Kier alpha value is -1.26. The number of para-hydroxylation sites is 1. The van der Waals surface area contributed by atoms with Crippen LogP contribution < -0.4 is 5.73 Å². The van der Waals surface area contributed by atoms with Crippen LogP contribution in [0.4, 0.5) is 5.95 Å². The van der Waals surface area contributed by atoms with Gasteiger partial charge in [0.1, 0.15) is 0 Å². The van der Waals surface area contributed by atoms with E-state index in [2.05, 4.69) is 28.3 Å². The Balaban J connectivity index is 1.87. The fourth-order valence-electron chi connectivity index (χ4n) is 3.08. The molecule has 1 aromatic carbocycles. The highest BCUT2D eigenvalue weighted by Gasteiger charge is 2.25. The number of anilines is 1. The van der Waals surface area contributed by atoms with E-state index in [4.69, 9.17) is 17.3 Å². The van der Waals surface area contributed by atoms with Gasteiger partial charge >= 0.3 is 0 Å². The first-order chi connectivity index (χ1) is 9.56. The van der Waals surface area contributed by atoms with Gasteiger partial charge in [0, 0.05) is 19.1 Å². The minimum absolute atomic E-state index is 0.566. The van der Waals surface area contributed by atoms with Crippen molar-refractivity contribution in [2.45, 2.75) is 32.9 Å². The third-order valence-electron chi connectivity index (χ3n) is 4.24. The molecule has 1 fully saturated rings. The summed E-state index contributed by atoms with van der Waals surface area (Å²) in [5, 5.41) is 0.727. The zero-order valence-electron chi connectivity index (χ0n) is 12.0. The molecule has 1 aliphatic rings. The van der Waals surface area contributed by atoms with E-state index in [1.165, 1.54) is 13.0 Å². The number of fused-ring (bicyclic) bond motifs is 1. The predicted octanol–water partition coefficient (Wildman–Crippen LogP) is 3.00. The lowest BCUT2D eigenvalue weighted by molar-refractivity contribution is 0.261. The number of hydrogen-bond donors (Lipinski definition) is 1. The second kappa shape index (κ2) is 5.26. The molecule has 2 aromatic rings. The maximum Gasteiger partial charge on any atom is 0.201 e. The van der Waals surface area contributed by atoms with Gasteiger partial charge in [-0.05, 0) is 44.9 Å². The van der Waals surface area contributed by atoms with Gasteiger partial charge in [0.25, 0.3) is 0 Å². The van der Waals surface area contributed by atoms with Gasteiger partial charge in [-0.1, -0.05) is 17.7 Å². The van der Waals surface area contributed by atoms with Crippen molar-refractivity contribution in [1.82, 2.24) is 14.5 Å². The van der Waals surface area contributed by atoms with E-state index in [-0.39, 0.29) is 0 Å². The largest absolute Gasteiger partial charge is 0.369 e. The fourth-order valence-corrected chi connectivity index (χ4v) is 3.35. The Labute approximate surface area is 124 Å². The highest BCUT2D eigenvalue weighted by Crippen LogP contribution is 2.28. The Bertz CT molecular complexity index is 620. The standard InChI is InChI=1S/C15H21ClN4/c1-10(2)19-7-6-11(8-19)9-20-14-12(16)4-3-5-13(14)18-15(20)17/h3-5,10-11H,6-9H2,1-2H3,(H2,17,18). The molecule has 20 heavy (non-hydrogen) atoms. The lowest BCUT2D eigenvalue weighted by Gasteiger charge is -2.20. The average Bonchev–Trinajstić information content (AvgIpc) is 2.97. The number of aromatic nitrogens is 2. The molecule has 0 bridgehead atoms. The molecular weight excluding hydrogens is 272 g/mol. The minimum Gasteiger partial charge on any atom is -0.369 e. The second-order valence-electron chi connectivity index (χ2n) is 5.93. The first kappa shape index (κ1) is 13.7. The third-order valence-corrected chi connectivity index (χ3v) is 4.54. The summed E-state index contributed by atoms with van der Waals surface area (Å²) in [6, 6.07) is 6.39. The molecule has 1 aliphatic heterocycles. The molecule has 0 radical (unpaired) electrons. The van der Waals surface area contributed by atoms with Gasteiger partial charge in [0.15, 0.2) is 0 Å². The van der Waals surface area contributed by atoms with E-state index in [0.717, 1.165) is 29.1 Å². The lowest BCUT2D eigenvalue weighted by Crippen LogP contribution is -2.28. The maximum absolute atomic E-state index is 6.31. The molecule has 0 aliphatic carbocycles. The molecule has 108 valence electrons. The number of nitrogen functional groups attached to an aromatic ring is 1. The van der Waals surface area contributed by atoms with Crippen LogP contribution in [0.2, 0.25) is 5.02 Å². The van der Waals surface area contributed by atoms with Crippen molar-refractivity contribution in [3.63, 3.8) is 0 Å². The van der Waals surface area contributed by atoms with Crippen molar-refractivity contribution in [1.29, 1.82) is 0 Å². The van der Waals surface area contributed by atoms with Crippen LogP contribution in [0, 0.1) is 5.92 Å². The number of rotatable bonds is 3. The van der Waals surface area contributed by atoms with E-state index in [1.54, 1.807) is 0 Å². The van der Waals surface area contributed by atoms with Crippen molar-refractivity contribution >= 4 is 28.6 Å². The average molecular weight is 293 g/mol. The smallest absolute Gasteiger partial charge is 0.201 e. The monoisotopic (exact) mass is 292 g/mol. The summed E-state index contributed by atoms with van der Waals surface area (Å²) >= 11 is 6.31. The van der Waals surface area contributed by atoms with Gasteiger partial charge in [-0.3, -0.25) is 0 Å². The van der Waals surface area contributed by atoms with E-state index < -0.39 is 0 Å². The van der Waals surface area contributed by atoms with Crippen molar-refractivity contribution in [3.8, 4) is 0 Å². The Morgan fingerprint density at radius 3 is 2.95 bits per heavy atom. The predicted molar refractivity (Wildman–Crippen MR) is 84.0 cm³/mol. The molecule has 2 heterocycles. The van der Waals surface area contributed by atoms with Crippen LogP contribution >= 0.6 is 11.6 Å². The van der Waals surface area contributed by atoms with Gasteiger partial charge in [0.2, 0.25) is 5.95 Å². The normalized spacial score (nSPS) is 20.3. The van der Waals surface area contributed by atoms with Crippen LogP contribution in [0.3, 0.4) is 0 Å². The highest BCUT2D eigenvalue weighted by molar-refractivity contribution is 6.35. The molecule has 0 spiro atoms. The minimum atomic E-state index is 0.566. The Morgan fingerprint density at radius 1 is 1.45 bits per heavy atom. The second-order valence-corrected chi connectivity index (χ2v) is 6.34. The first-order valence-electron chi connectivity index (χ1n) is 7.20. The molecule has 5 heteroatoms. The molecule has 1 unspecified atom stereocenters. The van der Waals surface area contributed by atoms with Crippen molar-refractivity contribution in [2.24, 2.45) is 5.92 Å². The summed E-state index contributed by atoms with van der Waals surface area (Å²) < 4.78 is 2.08. The topological polar surface area (TPSA) is 47.1 Å². The van der Waals surface area contributed by atoms with Crippen LogP contribution in [-0.2, 0) is 6.54 Å². The lowest BCUT2D eigenvalue weighted by atomic mass is 10.1. The molecule has 3 rings (SSSR count). The van der Waals surface area contributed by atoms with Gasteiger partial charge in [-0.15, -0.1) is 0 Å². The van der Waals surface area contributed by atoms with Gasteiger partial charge < -0.3 is 15.2 Å². The summed E-state index contributed by atoms with van der Waals surface area (Å²) in [5.41, 5.74) is 7.92. The number of likely N-dealkylation sites (tertiary alicyclic amines) is 1. The zero-order valence-corrected chi connectivity index (χ0v) is 12.8. The maximum atomic E-state index is 6.31. The summed E-state index contributed by atoms with van der Waals surface area (Å²) in [6.45, 7) is 7.69. The summed E-state index contributed by atoms with van der Waals surface area (Å²) in [7, 11) is 0. The molecule has 1 saturated heterocycles. The van der Waals surface area contributed by atoms with E-state index in [0.29, 0.717) is 17.9 Å². The van der Waals surface area contributed by atoms with E-state index >= 15 is 0 Å². The van der Waals surface area contributed by atoms with Crippen LogP contribution in [-0.4, -0.2) is 33.6 Å². The summed E-state index contributed by atoms with van der Waals surface area (Å²) in [6.07, 6.45) is 1.21. The van der Waals surface area contributed by atoms with Gasteiger partial charge in [0.05, 0.1) is 16.1 Å². The third kappa shape index (κ3) is 2.38. The molecule has 1 aromatic heterocycles. The van der Waals surface area contributed by atoms with Crippen molar-refractivity contribution < 1.29 is 0 Å². The number of nitrogens with zero attached hydrogens (tertiary/aromatic N) is 3. The SMILES string of the molecule is CC(C)N1CCC(Cn2c(N)nc3cccc(Cl)c32)C1. The fraction of sp³-hybridized carbons (Fsp3) is 0.533. The van der Waals surface area contributed by atoms with Crippen LogP contribution in [0.5, 0.6) is 0 Å². The number of benzene rings is 1. The van der Waals surface area contributed by atoms with Crippen LogP contribution in [0.1, 0.15) is 20.3 Å². The highest BCUT2D eigenvalue weighted by atomic mass is 35.5. The van der Waals surface area contributed by atoms with Gasteiger partial charge in [-0.25, -0.2) is 4.98 Å². The number of nitrogens with two attached hydrogens (primary N) is 1. The zero-order chi connectivity index (χ0) is 14.3. The molecule has 1 atom stereocenters. The van der Waals surface area contributed by atoms with Crippen molar-refractivity contribution in [3.05, 3.63) is 23.2 Å². The number of hydrogen-bond acceptors (Lipinski definition) is 3. The summed E-state index contributed by atoms with van der Waals surface area (Å²) in [5.74, 6) is 1.18. The van der Waals surface area contributed by atoms with Gasteiger partial charge in [-0.2, -0.15) is 0 Å². The van der Waals surface area contributed by atoms with Crippen molar-refractivity contribution in [2.75, 3.05) is 18.8 Å².